The molecule has 0 spiro atoms. The van der Waals surface area contributed by atoms with Crippen molar-refractivity contribution in [2.45, 2.75) is 109 Å². The maximum Gasteiger partial charge on any atom is 0.472 e. The van der Waals surface area contributed by atoms with Crippen molar-refractivity contribution in [1.82, 2.24) is 0 Å². The summed E-state index contributed by atoms with van der Waals surface area (Å²) in [6, 6.07) is -1.51. The van der Waals surface area contributed by atoms with Gasteiger partial charge in [-0.25, -0.2) is 4.57 Å². The summed E-state index contributed by atoms with van der Waals surface area (Å²) < 4.78 is 31.9. The molecular weight excluding hydrogens is 505 g/mol. The molecule has 0 aliphatic carbocycles. The number of esters is 2. The third-order valence-electron chi connectivity index (χ3n) is 5.24. The van der Waals surface area contributed by atoms with Gasteiger partial charge in [-0.15, -0.1) is 0 Å². The van der Waals surface area contributed by atoms with Gasteiger partial charge in [-0.1, -0.05) is 64.5 Å². The van der Waals surface area contributed by atoms with Crippen molar-refractivity contribution in [3.05, 3.63) is 12.2 Å². The number of hydrogen-bond donors (Lipinski definition) is 3. The van der Waals surface area contributed by atoms with Crippen LogP contribution in [0.5, 0.6) is 0 Å². The minimum atomic E-state index is -4.68. The molecule has 0 heterocycles. The minimum Gasteiger partial charge on any atom is -0.480 e. The maximum atomic E-state index is 12.3. The average molecular weight is 552 g/mol. The van der Waals surface area contributed by atoms with Gasteiger partial charge >= 0.3 is 25.7 Å². The molecule has 4 N–H and O–H groups in total. The second-order valence-electron chi connectivity index (χ2n) is 8.82. The van der Waals surface area contributed by atoms with Crippen molar-refractivity contribution in [3.8, 4) is 0 Å². The Hall–Kier alpha value is -1.78. The van der Waals surface area contributed by atoms with E-state index in [9.17, 15) is 23.8 Å². The Kier molecular flexibility index (Phi) is 21.2. The minimum absolute atomic E-state index is 0.151. The van der Waals surface area contributed by atoms with Gasteiger partial charge in [0.25, 0.3) is 0 Å². The van der Waals surface area contributed by atoms with Crippen LogP contribution < -0.4 is 5.73 Å². The molecule has 0 amide bonds. The zero-order valence-corrected chi connectivity index (χ0v) is 23.2. The molecule has 37 heavy (non-hydrogen) atoms. The number of phosphoric ester groups is 1. The number of carboxylic acid groups (broad SMARTS) is 1. The number of hydrogen-bond acceptors (Lipinski definition) is 9. The first-order chi connectivity index (χ1) is 17.6. The maximum absolute atomic E-state index is 12.3. The van der Waals surface area contributed by atoms with Crippen LogP contribution in [0.15, 0.2) is 12.2 Å². The Morgan fingerprint density at radius 3 is 2.08 bits per heavy atom. The van der Waals surface area contributed by atoms with E-state index in [-0.39, 0.29) is 19.4 Å². The van der Waals surface area contributed by atoms with Gasteiger partial charge < -0.3 is 25.2 Å². The molecule has 0 bridgehead atoms. The molecule has 0 aromatic carbocycles. The number of aliphatic carboxylic acids is 1. The number of carboxylic acids is 1. The molecule has 3 atom stereocenters. The second kappa shape index (κ2) is 22.2. The second-order valence-corrected chi connectivity index (χ2v) is 10.3. The van der Waals surface area contributed by atoms with Gasteiger partial charge in [0, 0.05) is 12.8 Å². The number of ether oxygens (including phenoxy) is 2. The number of phosphoric acid groups is 1. The predicted octanol–water partition coefficient (Wildman–Crippen LogP) is 4.65. The van der Waals surface area contributed by atoms with Crippen LogP contribution in [0.1, 0.15) is 97.3 Å². The third kappa shape index (κ3) is 22.0. The lowest BCUT2D eigenvalue weighted by Crippen LogP contribution is -2.34. The third-order valence-corrected chi connectivity index (χ3v) is 6.20. The highest BCUT2D eigenvalue weighted by Crippen LogP contribution is 2.43. The van der Waals surface area contributed by atoms with Crippen molar-refractivity contribution in [2.24, 2.45) is 5.73 Å². The summed E-state index contributed by atoms with van der Waals surface area (Å²) in [4.78, 5) is 44.7. The summed E-state index contributed by atoms with van der Waals surface area (Å²) >= 11 is 0. The molecule has 0 radical (unpaired) electrons. The Bertz CT molecular complexity index is 716. The van der Waals surface area contributed by atoms with Gasteiger partial charge in [-0.3, -0.25) is 23.4 Å². The van der Waals surface area contributed by atoms with E-state index in [2.05, 4.69) is 23.6 Å². The molecule has 0 saturated heterocycles. The SMILES string of the molecule is CCC/C=C\CCCCCCCC(=O)OC(COC(=O)CCCCC)COP(=O)(O)OCC(N)C(=O)O. The van der Waals surface area contributed by atoms with Gasteiger partial charge in [0.1, 0.15) is 12.6 Å². The van der Waals surface area contributed by atoms with Crippen LogP contribution >= 0.6 is 7.82 Å². The number of carbonyl (C=O) groups is 3. The van der Waals surface area contributed by atoms with Crippen molar-refractivity contribution >= 4 is 25.7 Å². The van der Waals surface area contributed by atoms with Crippen LogP contribution in [0.2, 0.25) is 0 Å². The quantitative estimate of drug-likeness (QED) is 0.0659. The van der Waals surface area contributed by atoms with Crippen LogP contribution in [0.25, 0.3) is 0 Å². The van der Waals surface area contributed by atoms with E-state index in [0.717, 1.165) is 57.8 Å². The van der Waals surface area contributed by atoms with Crippen molar-refractivity contribution < 1.29 is 47.5 Å². The molecule has 0 fully saturated rings. The Morgan fingerprint density at radius 2 is 1.41 bits per heavy atom. The Morgan fingerprint density at radius 1 is 0.811 bits per heavy atom. The molecule has 12 heteroatoms. The molecular formula is C25H46NO10P. The molecule has 0 saturated carbocycles. The highest BCUT2D eigenvalue weighted by molar-refractivity contribution is 7.47. The van der Waals surface area contributed by atoms with Crippen LogP contribution in [-0.2, 0) is 37.5 Å². The Balaban J connectivity index is 4.55. The monoisotopic (exact) mass is 551 g/mol. The largest absolute Gasteiger partial charge is 0.480 e. The smallest absolute Gasteiger partial charge is 0.472 e. The van der Waals surface area contributed by atoms with Gasteiger partial charge in [-0.2, -0.15) is 0 Å². The predicted molar refractivity (Wildman–Crippen MR) is 139 cm³/mol. The van der Waals surface area contributed by atoms with Gasteiger partial charge in [0.15, 0.2) is 6.10 Å². The first-order valence-corrected chi connectivity index (χ1v) is 14.7. The Labute approximate surface area is 220 Å². The molecule has 11 nitrogen and oxygen atoms in total. The van der Waals surface area contributed by atoms with Crippen molar-refractivity contribution in [2.75, 3.05) is 19.8 Å². The first kappa shape index (κ1) is 35.2. The van der Waals surface area contributed by atoms with Crippen molar-refractivity contribution in [3.63, 3.8) is 0 Å². The average Bonchev–Trinajstić information content (AvgIpc) is 2.85. The van der Waals surface area contributed by atoms with E-state index in [4.69, 9.17) is 24.8 Å². The number of rotatable bonds is 24. The molecule has 3 unspecified atom stereocenters. The van der Waals surface area contributed by atoms with E-state index in [1.807, 2.05) is 6.92 Å². The molecule has 0 rings (SSSR count). The van der Waals surface area contributed by atoms with Crippen LogP contribution in [0.4, 0.5) is 0 Å². The van der Waals surface area contributed by atoms with Crippen molar-refractivity contribution in [1.29, 1.82) is 0 Å². The van der Waals surface area contributed by atoms with Gasteiger partial charge in [-0.05, 0) is 32.1 Å². The summed E-state index contributed by atoms with van der Waals surface area (Å²) in [5, 5.41) is 8.74. The highest BCUT2D eigenvalue weighted by atomic mass is 31.2. The standard InChI is InChI=1S/C25H46NO10P/c1-3-5-7-8-9-10-11-12-13-15-17-24(28)36-21(18-33-23(27)16-14-6-4-2)19-34-37(31,32)35-20-22(26)25(29)30/h7-8,21-22H,3-6,9-20,26H2,1-2H3,(H,29,30)(H,31,32)/b8-7-. The lowest BCUT2D eigenvalue weighted by atomic mass is 10.1. The first-order valence-electron chi connectivity index (χ1n) is 13.2. The normalized spacial score (nSPS) is 14.7. The summed E-state index contributed by atoms with van der Waals surface area (Å²) in [6.07, 6.45) is 14.1. The number of allylic oxidation sites excluding steroid dienone is 2. The topological polar surface area (TPSA) is 172 Å². The summed E-state index contributed by atoms with van der Waals surface area (Å²) in [5.41, 5.74) is 5.24. The van der Waals surface area contributed by atoms with Gasteiger partial charge in [0.2, 0.25) is 0 Å². The van der Waals surface area contributed by atoms with Crippen LogP contribution in [-0.4, -0.2) is 59.9 Å². The fraction of sp³-hybridized carbons (Fsp3) is 0.800. The fourth-order valence-corrected chi connectivity index (χ4v) is 3.84. The van der Waals surface area contributed by atoms with Crippen LogP contribution in [0.3, 0.4) is 0 Å². The van der Waals surface area contributed by atoms with E-state index < -0.39 is 51.1 Å². The zero-order chi connectivity index (χ0) is 27.9. The van der Waals surface area contributed by atoms with E-state index in [1.54, 1.807) is 0 Å². The number of carbonyl (C=O) groups excluding carboxylic acids is 2. The van der Waals surface area contributed by atoms with Crippen LogP contribution in [0, 0.1) is 0 Å². The van der Waals surface area contributed by atoms with E-state index in [0.29, 0.717) is 12.8 Å². The fourth-order valence-electron chi connectivity index (χ4n) is 3.06. The molecule has 0 aromatic heterocycles. The zero-order valence-electron chi connectivity index (χ0n) is 22.3. The lowest BCUT2D eigenvalue weighted by Gasteiger charge is -2.20. The highest BCUT2D eigenvalue weighted by Gasteiger charge is 2.28. The van der Waals surface area contributed by atoms with E-state index in [1.165, 1.54) is 0 Å². The van der Waals surface area contributed by atoms with E-state index >= 15 is 0 Å². The molecule has 0 aliphatic rings. The molecule has 0 aromatic rings. The van der Waals surface area contributed by atoms with Gasteiger partial charge in [0.05, 0.1) is 13.2 Å². The molecule has 216 valence electrons. The summed E-state index contributed by atoms with van der Waals surface area (Å²) in [7, 11) is -4.68. The number of nitrogens with two attached hydrogens (primary N) is 1. The number of unbranched alkanes of at least 4 members (excludes halogenated alkanes) is 8. The lowest BCUT2D eigenvalue weighted by molar-refractivity contribution is -0.161. The summed E-state index contributed by atoms with van der Waals surface area (Å²) in [6.45, 7) is 2.46. The molecule has 0 aliphatic heterocycles. The summed E-state index contributed by atoms with van der Waals surface area (Å²) in [5.74, 6) is -2.43.